The van der Waals surface area contributed by atoms with Crippen molar-refractivity contribution in [1.82, 2.24) is 5.32 Å². The van der Waals surface area contributed by atoms with Gasteiger partial charge in [0.2, 0.25) is 5.91 Å². The highest BCUT2D eigenvalue weighted by Crippen LogP contribution is 2.38. The van der Waals surface area contributed by atoms with Crippen LogP contribution in [0.2, 0.25) is 0 Å². The Balaban J connectivity index is 4.42. The molecule has 3 unspecified atom stereocenters. The summed E-state index contributed by atoms with van der Waals surface area (Å²) in [6.07, 6.45) is 53.1. The van der Waals surface area contributed by atoms with E-state index in [0.29, 0.717) is 17.4 Å². The summed E-state index contributed by atoms with van der Waals surface area (Å²) in [6, 6.07) is -0.912. The van der Waals surface area contributed by atoms with Gasteiger partial charge in [-0.1, -0.05) is 184 Å². The van der Waals surface area contributed by atoms with E-state index in [4.69, 9.17) is 9.05 Å². The molecule has 0 aliphatic rings. The summed E-state index contributed by atoms with van der Waals surface area (Å²) in [5, 5.41) is 13.8. The predicted octanol–water partition coefficient (Wildman–Crippen LogP) is 13.4. The van der Waals surface area contributed by atoms with Crippen molar-refractivity contribution >= 4 is 13.7 Å². The number of carbonyl (C=O) groups is 1. The Morgan fingerprint density at radius 3 is 1.37 bits per heavy atom. The van der Waals surface area contributed by atoms with Crippen LogP contribution in [0.3, 0.4) is 0 Å². The number of phosphoric acid groups is 1. The van der Waals surface area contributed by atoms with Crippen molar-refractivity contribution in [2.24, 2.45) is 0 Å². The van der Waals surface area contributed by atoms with E-state index in [0.717, 1.165) is 44.9 Å². The Bertz CT molecular complexity index is 1100. The molecular weight excluding hydrogens is 756 g/mol. The lowest BCUT2D eigenvalue weighted by atomic mass is 10.1. The summed E-state index contributed by atoms with van der Waals surface area (Å²) in [5.41, 5.74) is 0. The molecule has 0 rings (SSSR count). The van der Waals surface area contributed by atoms with Crippen molar-refractivity contribution in [3.63, 3.8) is 0 Å². The van der Waals surface area contributed by atoms with E-state index in [9.17, 15) is 19.4 Å². The molecule has 346 valence electrons. The average Bonchev–Trinajstić information content (AvgIpc) is 3.19. The van der Waals surface area contributed by atoms with Gasteiger partial charge in [0.05, 0.1) is 39.9 Å². The maximum absolute atomic E-state index is 12.9. The van der Waals surface area contributed by atoms with Crippen LogP contribution in [0.25, 0.3) is 0 Å². The summed E-state index contributed by atoms with van der Waals surface area (Å²) in [5.74, 6) is -0.216. The van der Waals surface area contributed by atoms with Crippen molar-refractivity contribution in [3.8, 4) is 0 Å². The summed E-state index contributed by atoms with van der Waals surface area (Å²) in [4.78, 5) is 25.4. The maximum atomic E-state index is 12.9. The molecule has 0 fully saturated rings. The molecule has 0 aromatic carbocycles. The van der Waals surface area contributed by atoms with Crippen LogP contribution in [0, 0.1) is 0 Å². The minimum atomic E-state index is -4.60. The molecule has 0 saturated carbocycles. The van der Waals surface area contributed by atoms with Crippen molar-refractivity contribution in [3.05, 3.63) is 48.6 Å². The zero-order chi connectivity index (χ0) is 43.6. The molecule has 59 heavy (non-hydrogen) atoms. The normalized spacial score (nSPS) is 14.6. The molecule has 2 N–H and O–H groups in total. The van der Waals surface area contributed by atoms with Crippen molar-refractivity contribution in [2.75, 3.05) is 40.9 Å². The van der Waals surface area contributed by atoms with Crippen LogP contribution in [0.15, 0.2) is 48.6 Å². The number of quaternary nitrogens is 1. The molecule has 0 radical (unpaired) electrons. The number of rotatable bonds is 44. The third-order valence-electron chi connectivity index (χ3n) is 10.7. The van der Waals surface area contributed by atoms with Gasteiger partial charge in [-0.2, -0.15) is 0 Å². The Kier molecular flexibility index (Phi) is 40.7. The number of aliphatic hydroxyl groups is 1. The van der Waals surface area contributed by atoms with Crippen LogP contribution < -0.4 is 10.2 Å². The lowest BCUT2D eigenvalue weighted by Crippen LogP contribution is -2.45. The molecule has 0 aliphatic heterocycles. The molecular formula is C50H95N2O6P. The Morgan fingerprint density at radius 2 is 0.949 bits per heavy atom. The van der Waals surface area contributed by atoms with Gasteiger partial charge in [-0.3, -0.25) is 9.36 Å². The van der Waals surface area contributed by atoms with E-state index in [2.05, 4.69) is 55.6 Å². The number of phosphoric ester groups is 1. The third-order valence-corrected chi connectivity index (χ3v) is 11.7. The first-order chi connectivity index (χ1) is 28.5. The monoisotopic (exact) mass is 851 g/mol. The van der Waals surface area contributed by atoms with Gasteiger partial charge in [0.15, 0.2) is 0 Å². The quantitative estimate of drug-likeness (QED) is 0.0274. The lowest BCUT2D eigenvalue weighted by molar-refractivity contribution is -0.870. The number of amides is 1. The van der Waals surface area contributed by atoms with Crippen molar-refractivity contribution < 1.29 is 32.9 Å². The molecule has 1 amide bonds. The van der Waals surface area contributed by atoms with E-state index >= 15 is 0 Å². The zero-order valence-corrected chi connectivity index (χ0v) is 40.1. The number of allylic oxidation sites excluding steroid dienone is 7. The fourth-order valence-electron chi connectivity index (χ4n) is 6.83. The number of hydrogen-bond donors (Lipinski definition) is 2. The van der Waals surface area contributed by atoms with E-state index in [-0.39, 0.29) is 12.5 Å². The SMILES string of the molecule is CCCCCCCCC/C=C/CC/C=C/CC/C=C/C(O)C(COP(=O)([O-])OCC[N+](C)(C)C)NC(=O)CCCCCCCCC/C=C\CCCCCCCCCCC. The first kappa shape index (κ1) is 57.5. The molecule has 9 heteroatoms. The van der Waals surface area contributed by atoms with Crippen LogP contribution in [-0.4, -0.2) is 68.5 Å². The molecule has 0 saturated heterocycles. The molecule has 0 aliphatic carbocycles. The highest BCUT2D eigenvalue weighted by Gasteiger charge is 2.23. The van der Waals surface area contributed by atoms with Gasteiger partial charge in [0.1, 0.15) is 13.2 Å². The van der Waals surface area contributed by atoms with Gasteiger partial charge >= 0.3 is 0 Å². The maximum Gasteiger partial charge on any atom is 0.268 e. The minimum absolute atomic E-state index is 0.0106. The summed E-state index contributed by atoms with van der Waals surface area (Å²) in [7, 11) is 1.23. The predicted molar refractivity (Wildman–Crippen MR) is 251 cm³/mol. The van der Waals surface area contributed by atoms with Crippen molar-refractivity contribution in [2.45, 2.75) is 225 Å². The first-order valence-electron chi connectivity index (χ1n) is 24.5. The molecule has 0 aromatic heterocycles. The lowest BCUT2D eigenvalue weighted by Gasteiger charge is -2.29. The molecule has 3 atom stereocenters. The molecule has 0 aromatic rings. The summed E-state index contributed by atoms with van der Waals surface area (Å²) in [6.45, 7) is 4.61. The first-order valence-corrected chi connectivity index (χ1v) is 26.0. The van der Waals surface area contributed by atoms with Crippen LogP contribution >= 0.6 is 7.82 Å². The van der Waals surface area contributed by atoms with E-state index < -0.39 is 26.6 Å². The van der Waals surface area contributed by atoms with Gasteiger partial charge in [-0.25, -0.2) is 0 Å². The van der Waals surface area contributed by atoms with Gasteiger partial charge in [-0.15, -0.1) is 0 Å². The van der Waals surface area contributed by atoms with Gasteiger partial charge in [0.25, 0.3) is 7.82 Å². The topological polar surface area (TPSA) is 108 Å². The Morgan fingerprint density at radius 1 is 0.576 bits per heavy atom. The summed E-state index contributed by atoms with van der Waals surface area (Å²) < 4.78 is 23.2. The summed E-state index contributed by atoms with van der Waals surface area (Å²) >= 11 is 0. The standard InChI is InChI=1S/C50H95N2O6P/c1-6-8-10-12-14-16-18-20-22-24-25-26-28-30-32-34-36-38-40-42-44-50(54)51-48(47-58-59(55,56)57-46-45-52(3,4)5)49(53)43-41-39-37-35-33-31-29-27-23-21-19-17-15-13-11-9-7-2/h23,25-27,33,35,41,43,48-49,53H,6-22,24,28-32,34,36-40,42,44-47H2,1-5H3,(H-,51,54,55,56)/b26-25-,27-23+,35-33+,43-41+. The number of hydrogen-bond acceptors (Lipinski definition) is 6. The third kappa shape index (κ3) is 44.3. The van der Waals surface area contributed by atoms with Gasteiger partial charge in [0, 0.05) is 6.42 Å². The van der Waals surface area contributed by atoms with Crippen molar-refractivity contribution in [1.29, 1.82) is 0 Å². The molecule has 8 nitrogen and oxygen atoms in total. The number of aliphatic hydroxyl groups excluding tert-OH is 1. The number of likely N-dealkylation sites (N-methyl/N-ethyl adjacent to an activating group) is 1. The fourth-order valence-corrected chi connectivity index (χ4v) is 7.55. The van der Waals surface area contributed by atoms with Crippen LogP contribution in [-0.2, 0) is 18.4 Å². The Hall–Kier alpha value is -1.54. The zero-order valence-electron chi connectivity index (χ0n) is 39.2. The molecule has 0 spiro atoms. The molecule has 0 heterocycles. The second-order valence-corrected chi connectivity index (χ2v) is 19.2. The smallest absolute Gasteiger partial charge is 0.268 e. The Labute approximate surface area is 365 Å². The number of carbonyl (C=O) groups excluding carboxylic acids is 1. The van der Waals surface area contributed by atoms with Crippen LogP contribution in [0.1, 0.15) is 213 Å². The second-order valence-electron chi connectivity index (χ2n) is 17.8. The van der Waals surface area contributed by atoms with Gasteiger partial charge < -0.3 is 28.8 Å². The highest BCUT2D eigenvalue weighted by molar-refractivity contribution is 7.45. The second kappa shape index (κ2) is 41.8. The highest BCUT2D eigenvalue weighted by atomic mass is 31.2. The van der Waals surface area contributed by atoms with E-state index in [1.807, 2.05) is 27.2 Å². The largest absolute Gasteiger partial charge is 0.756 e. The fraction of sp³-hybridized carbons (Fsp3) is 0.820. The van der Waals surface area contributed by atoms with E-state index in [1.54, 1.807) is 6.08 Å². The number of nitrogens with zero attached hydrogens (tertiary/aromatic N) is 1. The minimum Gasteiger partial charge on any atom is -0.756 e. The number of unbranched alkanes of at least 4 members (excludes halogenated alkanes) is 25. The van der Waals surface area contributed by atoms with Gasteiger partial charge in [-0.05, 0) is 70.6 Å². The van der Waals surface area contributed by atoms with Crippen LogP contribution in [0.4, 0.5) is 0 Å². The average molecular weight is 851 g/mol. The van der Waals surface area contributed by atoms with E-state index in [1.165, 1.54) is 148 Å². The number of nitrogens with one attached hydrogen (secondary N) is 1. The van der Waals surface area contributed by atoms with Crippen LogP contribution in [0.5, 0.6) is 0 Å². The molecule has 0 bridgehead atoms.